The maximum atomic E-state index is 12.4. The second-order valence-electron chi connectivity index (χ2n) is 5.37. The molecule has 2 aliphatic rings. The van der Waals surface area contributed by atoms with Gasteiger partial charge in [0.1, 0.15) is 6.10 Å². The van der Waals surface area contributed by atoms with Gasteiger partial charge in [-0.1, -0.05) is 0 Å². The number of carbonyl (C=O) groups is 2. The summed E-state index contributed by atoms with van der Waals surface area (Å²) in [6.45, 7) is 1.91. The van der Waals surface area contributed by atoms with E-state index in [0.717, 1.165) is 12.8 Å². The number of rotatable bonds is 3. The molecule has 124 valence electrons. The number of nitrogens with one attached hydrogen (secondary N) is 1. The molecule has 0 aromatic carbocycles. The van der Waals surface area contributed by atoms with Crippen molar-refractivity contribution in [1.29, 1.82) is 0 Å². The maximum absolute atomic E-state index is 12.4. The summed E-state index contributed by atoms with van der Waals surface area (Å²) in [6.07, 6.45) is 4.44. The lowest BCUT2D eigenvalue weighted by molar-refractivity contribution is 0.0854. The average Bonchev–Trinajstić information content (AvgIpc) is 3.01. The van der Waals surface area contributed by atoms with Crippen molar-refractivity contribution >= 4 is 12.1 Å². The zero-order chi connectivity index (χ0) is 16.2. The van der Waals surface area contributed by atoms with Gasteiger partial charge in [0, 0.05) is 32.0 Å². The number of hydrogen-bond acceptors (Lipinski definition) is 6. The lowest BCUT2D eigenvalue weighted by atomic mass is 10.1. The molecule has 2 fully saturated rings. The van der Waals surface area contributed by atoms with Crippen LogP contribution in [0.3, 0.4) is 0 Å². The summed E-state index contributed by atoms with van der Waals surface area (Å²) in [5, 5.41) is 2.63. The third-order valence-corrected chi connectivity index (χ3v) is 3.84. The van der Waals surface area contributed by atoms with Crippen LogP contribution in [0.4, 0.5) is 9.59 Å². The number of nitrogens with zero attached hydrogens (tertiary/aromatic N) is 4. The minimum atomic E-state index is -0.339. The van der Waals surface area contributed by atoms with Crippen molar-refractivity contribution in [3.05, 3.63) is 12.4 Å². The van der Waals surface area contributed by atoms with Gasteiger partial charge in [0.25, 0.3) is 11.8 Å². The predicted molar refractivity (Wildman–Crippen MR) is 79.3 cm³/mol. The maximum Gasteiger partial charge on any atom is 0.328 e. The van der Waals surface area contributed by atoms with Crippen LogP contribution < -0.4 is 14.8 Å². The molecule has 0 saturated carbocycles. The minimum Gasteiger partial charge on any atom is -0.477 e. The Bertz CT molecular complexity index is 596. The van der Waals surface area contributed by atoms with Crippen LogP contribution in [0.5, 0.6) is 11.8 Å². The molecule has 0 aliphatic carbocycles. The highest BCUT2D eigenvalue weighted by Crippen LogP contribution is 2.24. The highest BCUT2D eigenvalue weighted by atomic mass is 16.5. The van der Waals surface area contributed by atoms with Crippen LogP contribution in [-0.2, 0) is 0 Å². The largest absolute Gasteiger partial charge is 0.477 e. The van der Waals surface area contributed by atoms with Gasteiger partial charge in [0.15, 0.2) is 0 Å². The van der Waals surface area contributed by atoms with Crippen molar-refractivity contribution in [2.24, 2.45) is 0 Å². The average molecular weight is 321 g/mol. The molecule has 0 spiro atoms. The van der Waals surface area contributed by atoms with E-state index < -0.39 is 0 Å². The molecule has 1 atom stereocenters. The molecule has 1 aromatic heterocycles. The number of carbonyl (C=O) groups excluding carboxylic acids is 2. The van der Waals surface area contributed by atoms with Gasteiger partial charge in [0.2, 0.25) is 0 Å². The standard InChI is InChI=1S/C14H19N5O4/c1-22-11-12(16-5-4-15-11)23-10-3-2-7-18(9-10)14(21)19-8-6-17-13(19)20/h4-5,10H,2-3,6-9H2,1H3,(H,17,20). The van der Waals surface area contributed by atoms with Crippen LogP contribution in [0.15, 0.2) is 12.4 Å². The van der Waals surface area contributed by atoms with Crippen LogP contribution in [-0.4, -0.2) is 71.2 Å². The van der Waals surface area contributed by atoms with Gasteiger partial charge in [0.05, 0.1) is 13.7 Å². The summed E-state index contributed by atoms with van der Waals surface area (Å²) >= 11 is 0. The SMILES string of the molecule is COc1nccnc1OC1CCCN(C(=O)N2CCNC2=O)C1. The quantitative estimate of drug-likeness (QED) is 0.869. The Morgan fingerprint density at radius 2 is 2.09 bits per heavy atom. The number of aromatic nitrogens is 2. The van der Waals surface area contributed by atoms with Crippen LogP contribution in [0, 0.1) is 0 Å². The van der Waals surface area contributed by atoms with Crippen molar-refractivity contribution in [3.63, 3.8) is 0 Å². The van der Waals surface area contributed by atoms with E-state index in [4.69, 9.17) is 9.47 Å². The summed E-state index contributed by atoms with van der Waals surface area (Å²) in [4.78, 5) is 35.1. The van der Waals surface area contributed by atoms with Crippen molar-refractivity contribution in [3.8, 4) is 11.8 Å². The molecule has 1 aromatic rings. The van der Waals surface area contributed by atoms with E-state index in [0.29, 0.717) is 37.9 Å². The molecule has 3 heterocycles. The molecular formula is C14H19N5O4. The molecule has 2 saturated heterocycles. The van der Waals surface area contributed by atoms with E-state index >= 15 is 0 Å². The Hall–Kier alpha value is -2.58. The van der Waals surface area contributed by atoms with Gasteiger partial charge in [-0.25, -0.2) is 24.5 Å². The molecule has 1 unspecified atom stereocenters. The Kier molecular flexibility index (Phi) is 4.45. The van der Waals surface area contributed by atoms with E-state index in [2.05, 4.69) is 15.3 Å². The highest BCUT2D eigenvalue weighted by molar-refractivity contribution is 5.95. The van der Waals surface area contributed by atoms with E-state index in [9.17, 15) is 9.59 Å². The van der Waals surface area contributed by atoms with Gasteiger partial charge in [-0.15, -0.1) is 0 Å². The Morgan fingerprint density at radius 3 is 2.78 bits per heavy atom. The minimum absolute atomic E-state index is 0.205. The Balaban J connectivity index is 1.64. The number of urea groups is 2. The zero-order valence-corrected chi connectivity index (χ0v) is 12.9. The zero-order valence-electron chi connectivity index (χ0n) is 12.9. The van der Waals surface area contributed by atoms with Crippen LogP contribution in [0.1, 0.15) is 12.8 Å². The first-order valence-electron chi connectivity index (χ1n) is 7.55. The number of imide groups is 1. The number of likely N-dealkylation sites (tertiary alicyclic amines) is 1. The van der Waals surface area contributed by atoms with Crippen molar-refractivity contribution in [2.75, 3.05) is 33.3 Å². The van der Waals surface area contributed by atoms with Crippen LogP contribution in [0.2, 0.25) is 0 Å². The summed E-state index contributed by atoms with van der Waals surface area (Å²) in [5.74, 6) is 0.628. The molecule has 2 aliphatic heterocycles. The first-order chi connectivity index (χ1) is 11.2. The molecule has 1 N–H and O–H groups in total. The fourth-order valence-corrected chi connectivity index (χ4v) is 2.72. The normalized spacial score (nSPS) is 21.1. The fraction of sp³-hybridized carbons (Fsp3) is 0.571. The van der Waals surface area contributed by atoms with E-state index in [1.54, 1.807) is 4.90 Å². The van der Waals surface area contributed by atoms with E-state index in [-0.39, 0.29) is 18.2 Å². The summed E-state index contributed by atoms with van der Waals surface area (Å²) in [5.41, 5.74) is 0. The van der Waals surface area contributed by atoms with Crippen LogP contribution >= 0.6 is 0 Å². The molecule has 23 heavy (non-hydrogen) atoms. The smallest absolute Gasteiger partial charge is 0.328 e. The first kappa shape index (κ1) is 15.3. The van der Waals surface area contributed by atoms with Gasteiger partial charge >= 0.3 is 12.1 Å². The number of hydrogen-bond donors (Lipinski definition) is 1. The number of piperidine rings is 1. The first-order valence-corrected chi connectivity index (χ1v) is 7.55. The van der Waals surface area contributed by atoms with Gasteiger partial charge in [-0.3, -0.25) is 0 Å². The third kappa shape index (κ3) is 3.27. The van der Waals surface area contributed by atoms with E-state index in [1.165, 1.54) is 24.4 Å². The third-order valence-electron chi connectivity index (χ3n) is 3.84. The summed E-state index contributed by atoms with van der Waals surface area (Å²) < 4.78 is 11.0. The lowest BCUT2D eigenvalue weighted by Gasteiger charge is -2.34. The lowest BCUT2D eigenvalue weighted by Crippen LogP contribution is -2.50. The predicted octanol–water partition coefficient (Wildman–Crippen LogP) is 0.474. The van der Waals surface area contributed by atoms with E-state index in [1.807, 2.05) is 0 Å². The van der Waals surface area contributed by atoms with Gasteiger partial charge in [-0.05, 0) is 12.8 Å². The molecule has 0 bridgehead atoms. The molecule has 4 amide bonds. The van der Waals surface area contributed by atoms with Crippen molar-refractivity contribution in [2.45, 2.75) is 18.9 Å². The number of methoxy groups -OCH3 is 1. The van der Waals surface area contributed by atoms with Gasteiger partial charge < -0.3 is 19.7 Å². The second-order valence-corrected chi connectivity index (χ2v) is 5.37. The summed E-state index contributed by atoms with van der Waals surface area (Å²) in [6, 6.07) is -0.618. The Labute approximate surface area is 133 Å². The molecule has 9 heteroatoms. The molecule has 9 nitrogen and oxygen atoms in total. The summed E-state index contributed by atoms with van der Waals surface area (Å²) in [7, 11) is 1.50. The van der Waals surface area contributed by atoms with Crippen LogP contribution in [0.25, 0.3) is 0 Å². The molecular weight excluding hydrogens is 302 g/mol. The Morgan fingerprint density at radius 1 is 1.30 bits per heavy atom. The second kappa shape index (κ2) is 6.67. The number of amides is 4. The fourth-order valence-electron chi connectivity index (χ4n) is 2.72. The molecule has 3 rings (SSSR count). The topological polar surface area (TPSA) is 96.9 Å². The van der Waals surface area contributed by atoms with Crippen molar-refractivity contribution < 1.29 is 19.1 Å². The van der Waals surface area contributed by atoms with Crippen molar-refractivity contribution in [1.82, 2.24) is 25.1 Å². The monoisotopic (exact) mass is 321 g/mol. The van der Waals surface area contributed by atoms with Gasteiger partial charge in [-0.2, -0.15) is 0 Å². The molecule has 0 radical (unpaired) electrons. The number of ether oxygens (including phenoxy) is 2. The highest BCUT2D eigenvalue weighted by Gasteiger charge is 2.33.